The van der Waals surface area contributed by atoms with Gasteiger partial charge in [0.25, 0.3) is 0 Å². The zero-order valence-corrected chi connectivity index (χ0v) is 12.8. The molecule has 21 heavy (non-hydrogen) atoms. The number of nitrogens with two attached hydrogens (primary N) is 1. The number of hydrogen-bond donors (Lipinski definition) is 1. The van der Waals surface area contributed by atoms with Crippen molar-refractivity contribution in [1.82, 2.24) is 4.90 Å². The maximum Gasteiger partial charge on any atom is 0.224 e. The fourth-order valence-corrected chi connectivity index (χ4v) is 3.64. The monoisotopic (exact) mass is 286 g/mol. The Morgan fingerprint density at radius 3 is 2.62 bits per heavy atom. The predicted molar refractivity (Wildman–Crippen MR) is 84.9 cm³/mol. The highest BCUT2D eigenvalue weighted by atomic mass is 16.2. The highest BCUT2D eigenvalue weighted by Gasteiger charge is 2.37. The summed E-state index contributed by atoms with van der Waals surface area (Å²) in [5, 5.41) is 0. The standard InChI is InChI=1S/C18H26N2O/c19-18(10-6-11-18)14-17(21)20-12-5-4-9-16(20)13-15-7-2-1-3-8-15/h1-3,7-8,16H,4-6,9-14,19H2/t16-/m0/s1. The van der Waals surface area contributed by atoms with Gasteiger partial charge in [0.05, 0.1) is 0 Å². The van der Waals surface area contributed by atoms with Gasteiger partial charge in [0, 0.05) is 24.5 Å². The summed E-state index contributed by atoms with van der Waals surface area (Å²) in [6.07, 6.45) is 8.20. The highest BCUT2D eigenvalue weighted by Crippen LogP contribution is 2.33. The molecule has 0 spiro atoms. The number of rotatable bonds is 4. The first kappa shape index (κ1) is 14.6. The average molecular weight is 286 g/mol. The van der Waals surface area contributed by atoms with E-state index in [-0.39, 0.29) is 11.4 Å². The summed E-state index contributed by atoms with van der Waals surface area (Å²) >= 11 is 0. The molecule has 2 aliphatic rings. The molecule has 3 heteroatoms. The lowest BCUT2D eigenvalue weighted by Gasteiger charge is -2.42. The molecule has 2 N–H and O–H groups in total. The van der Waals surface area contributed by atoms with Crippen molar-refractivity contribution in [2.24, 2.45) is 5.73 Å². The Labute approximate surface area is 127 Å². The van der Waals surface area contributed by atoms with Crippen LogP contribution < -0.4 is 5.73 Å². The summed E-state index contributed by atoms with van der Waals surface area (Å²) in [5.41, 5.74) is 7.39. The van der Waals surface area contributed by atoms with E-state index in [1.165, 1.54) is 18.4 Å². The number of likely N-dealkylation sites (tertiary alicyclic amines) is 1. The highest BCUT2D eigenvalue weighted by molar-refractivity contribution is 5.78. The lowest BCUT2D eigenvalue weighted by atomic mass is 9.75. The van der Waals surface area contributed by atoms with Crippen LogP contribution in [0.25, 0.3) is 0 Å². The van der Waals surface area contributed by atoms with Gasteiger partial charge in [-0.1, -0.05) is 30.3 Å². The van der Waals surface area contributed by atoms with Gasteiger partial charge in [0.1, 0.15) is 0 Å². The third kappa shape index (κ3) is 3.46. The van der Waals surface area contributed by atoms with Gasteiger partial charge >= 0.3 is 0 Å². The number of amides is 1. The Kier molecular flexibility index (Phi) is 4.29. The maximum absolute atomic E-state index is 12.7. The molecule has 1 aromatic rings. The molecule has 0 bridgehead atoms. The van der Waals surface area contributed by atoms with Gasteiger partial charge in [0.2, 0.25) is 5.91 Å². The van der Waals surface area contributed by atoms with Gasteiger partial charge in [-0.3, -0.25) is 4.79 Å². The molecule has 2 fully saturated rings. The van der Waals surface area contributed by atoms with Crippen molar-refractivity contribution in [3.8, 4) is 0 Å². The summed E-state index contributed by atoms with van der Waals surface area (Å²) in [6, 6.07) is 10.9. The molecule has 1 aliphatic carbocycles. The van der Waals surface area contributed by atoms with Crippen LogP contribution in [0, 0.1) is 0 Å². The van der Waals surface area contributed by atoms with Crippen molar-refractivity contribution in [3.05, 3.63) is 35.9 Å². The molecular weight excluding hydrogens is 260 g/mol. The first-order valence-electron chi connectivity index (χ1n) is 8.29. The second-order valence-corrected chi connectivity index (χ2v) is 6.82. The molecule has 1 amide bonds. The Hall–Kier alpha value is -1.35. The van der Waals surface area contributed by atoms with Crippen LogP contribution in [0.5, 0.6) is 0 Å². The van der Waals surface area contributed by atoms with Crippen LogP contribution in [0.15, 0.2) is 30.3 Å². The molecular formula is C18H26N2O. The topological polar surface area (TPSA) is 46.3 Å². The molecule has 1 aromatic carbocycles. The Bertz CT molecular complexity index is 481. The summed E-state index contributed by atoms with van der Waals surface area (Å²) in [6.45, 7) is 0.909. The van der Waals surface area contributed by atoms with Crippen molar-refractivity contribution >= 4 is 5.91 Å². The Morgan fingerprint density at radius 1 is 1.19 bits per heavy atom. The lowest BCUT2D eigenvalue weighted by molar-refractivity contribution is -0.136. The van der Waals surface area contributed by atoms with Crippen LogP contribution in [-0.4, -0.2) is 28.9 Å². The Balaban J connectivity index is 1.64. The molecule has 3 nitrogen and oxygen atoms in total. The van der Waals surface area contributed by atoms with Crippen LogP contribution in [-0.2, 0) is 11.2 Å². The number of nitrogens with zero attached hydrogens (tertiary/aromatic N) is 1. The predicted octanol–water partition coefficient (Wildman–Crippen LogP) is 2.88. The first-order valence-corrected chi connectivity index (χ1v) is 8.29. The van der Waals surface area contributed by atoms with E-state index in [4.69, 9.17) is 5.73 Å². The van der Waals surface area contributed by atoms with Gasteiger partial charge in [-0.2, -0.15) is 0 Å². The normalized spacial score (nSPS) is 24.4. The molecule has 0 unspecified atom stereocenters. The molecule has 0 radical (unpaired) electrons. The Morgan fingerprint density at radius 2 is 1.95 bits per heavy atom. The smallest absolute Gasteiger partial charge is 0.224 e. The van der Waals surface area contributed by atoms with Gasteiger partial charge < -0.3 is 10.6 Å². The third-order valence-corrected chi connectivity index (χ3v) is 5.11. The van der Waals surface area contributed by atoms with E-state index in [1.54, 1.807) is 0 Å². The summed E-state index contributed by atoms with van der Waals surface area (Å²) in [5.74, 6) is 0.276. The van der Waals surface area contributed by atoms with E-state index in [1.807, 2.05) is 6.07 Å². The van der Waals surface area contributed by atoms with Crippen molar-refractivity contribution in [2.45, 2.75) is 62.9 Å². The van der Waals surface area contributed by atoms with E-state index in [0.29, 0.717) is 12.5 Å². The van der Waals surface area contributed by atoms with E-state index < -0.39 is 0 Å². The van der Waals surface area contributed by atoms with Gasteiger partial charge in [-0.05, 0) is 50.5 Å². The number of carbonyl (C=O) groups is 1. The third-order valence-electron chi connectivity index (χ3n) is 5.11. The summed E-state index contributed by atoms with van der Waals surface area (Å²) in [7, 11) is 0. The van der Waals surface area contributed by atoms with Crippen LogP contribution in [0.2, 0.25) is 0 Å². The molecule has 1 saturated carbocycles. The molecule has 114 valence electrons. The number of piperidine rings is 1. The zero-order valence-electron chi connectivity index (χ0n) is 12.8. The van der Waals surface area contributed by atoms with E-state index in [0.717, 1.165) is 38.6 Å². The average Bonchev–Trinajstić information content (AvgIpc) is 2.47. The molecule has 3 rings (SSSR count). The first-order chi connectivity index (χ1) is 10.2. The molecule has 1 aliphatic heterocycles. The maximum atomic E-state index is 12.7. The lowest BCUT2D eigenvalue weighted by Crippen LogP contribution is -2.53. The molecule has 1 saturated heterocycles. The number of benzene rings is 1. The zero-order chi connectivity index (χ0) is 14.7. The van der Waals surface area contributed by atoms with Gasteiger partial charge in [0.15, 0.2) is 0 Å². The van der Waals surface area contributed by atoms with Crippen molar-refractivity contribution < 1.29 is 4.79 Å². The molecule has 1 heterocycles. The van der Waals surface area contributed by atoms with Crippen molar-refractivity contribution in [1.29, 1.82) is 0 Å². The fraction of sp³-hybridized carbons (Fsp3) is 0.611. The van der Waals surface area contributed by atoms with Crippen LogP contribution in [0.4, 0.5) is 0 Å². The van der Waals surface area contributed by atoms with Crippen molar-refractivity contribution in [3.63, 3.8) is 0 Å². The van der Waals surface area contributed by atoms with E-state index >= 15 is 0 Å². The largest absolute Gasteiger partial charge is 0.339 e. The molecule has 1 atom stereocenters. The van der Waals surface area contributed by atoms with Crippen molar-refractivity contribution in [2.75, 3.05) is 6.54 Å². The van der Waals surface area contributed by atoms with Gasteiger partial charge in [-0.25, -0.2) is 0 Å². The van der Waals surface area contributed by atoms with Crippen LogP contribution in [0.1, 0.15) is 50.5 Å². The second-order valence-electron chi connectivity index (χ2n) is 6.82. The minimum atomic E-state index is -0.203. The minimum Gasteiger partial charge on any atom is -0.339 e. The SMILES string of the molecule is NC1(CC(=O)N2CCCC[C@H]2Cc2ccccc2)CCC1. The van der Waals surface area contributed by atoms with Gasteiger partial charge in [-0.15, -0.1) is 0 Å². The summed E-state index contributed by atoms with van der Waals surface area (Å²) in [4.78, 5) is 14.8. The number of hydrogen-bond acceptors (Lipinski definition) is 2. The van der Waals surface area contributed by atoms with Crippen LogP contribution in [0.3, 0.4) is 0 Å². The van der Waals surface area contributed by atoms with Crippen LogP contribution >= 0.6 is 0 Å². The number of carbonyl (C=O) groups excluding carboxylic acids is 1. The molecule has 0 aromatic heterocycles. The minimum absolute atomic E-state index is 0.203. The second kappa shape index (κ2) is 6.18. The fourth-order valence-electron chi connectivity index (χ4n) is 3.64. The quantitative estimate of drug-likeness (QED) is 0.925. The summed E-state index contributed by atoms with van der Waals surface area (Å²) < 4.78 is 0. The van der Waals surface area contributed by atoms with E-state index in [2.05, 4.69) is 29.2 Å². The van der Waals surface area contributed by atoms with E-state index in [9.17, 15) is 4.79 Å².